The molecule has 0 aromatic heterocycles. The van der Waals surface area contributed by atoms with Crippen LogP contribution in [0.4, 0.5) is 4.79 Å². The first kappa shape index (κ1) is 6.63. The normalized spacial score (nSPS) is 39.9. The molecule has 1 amide bonds. The molecule has 2 saturated heterocycles. The maximum absolute atomic E-state index is 11.8. The van der Waals surface area contributed by atoms with Crippen molar-refractivity contribution in [1.82, 2.24) is 10.2 Å². The van der Waals surface area contributed by atoms with Crippen molar-refractivity contribution in [2.45, 2.75) is 31.3 Å². The van der Waals surface area contributed by atoms with Crippen LogP contribution < -0.4 is 5.32 Å². The SMILES string of the molecule is [2H]C([2H])([2H])OOC(=O)N1C2CCC1(C)CNC2. The van der Waals surface area contributed by atoms with Crippen LogP contribution in [0, 0.1) is 0 Å². The van der Waals surface area contributed by atoms with E-state index in [1.165, 1.54) is 0 Å². The number of amides is 1. The van der Waals surface area contributed by atoms with Crippen molar-refractivity contribution in [1.29, 1.82) is 0 Å². The highest BCUT2D eigenvalue weighted by Crippen LogP contribution is 2.36. The van der Waals surface area contributed by atoms with E-state index in [2.05, 4.69) is 15.1 Å². The summed E-state index contributed by atoms with van der Waals surface area (Å²) in [7, 11) is -2.72. The number of hydrogen-bond donors (Lipinski definition) is 1. The van der Waals surface area contributed by atoms with Crippen molar-refractivity contribution < 1.29 is 18.7 Å². The lowest BCUT2D eigenvalue weighted by atomic mass is 9.99. The number of hydrogen-bond acceptors (Lipinski definition) is 4. The van der Waals surface area contributed by atoms with E-state index >= 15 is 0 Å². The van der Waals surface area contributed by atoms with Gasteiger partial charge >= 0.3 is 6.09 Å². The second kappa shape index (κ2) is 3.40. The first-order chi connectivity index (χ1) is 7.82. The predicted molar refractivity (Wildman–Crippen MR) is 49.6 cm³/mol. The van der Waals surface area contributed by atoms with Crippen molar-refractivity contribution in [2.24, 2.45) is 0 Å². The summed E-state index contributed by atoms with van der Waals surface area (Å²) < 4.78 is 20.4. The van der Waals surface area contributed by atoms with Gasteiger partial charge in [0, 0.05) is 19.1 Å². The van der Waals surface area contributed by atoms with Crippen molar-refractivity contribution in [2.75, 3.05) is 20.1 Å². The number of nitrogens with one attached hydrogen (secondary N) is 1. The Kier molecular flexibility index (Phi) is 1.61. The van der Waals surface area contributed by atoms with Crippen LogP contribution >= 0.6 is 0 Å². The predicted octanol–water partition coefficient (Wildman–Crippen LogP) is 0.511. The average molecular weight is 203 g/mol. The molecular weight excluding hydrogens is 184 g/mol. The summed E-state index contributed by atoms with van der Waals surface area (Å²) in [6.07, 6.45) is 1.06. The molecule has 2 unspecified atom stereocenters. The van der Waals surface area contributed by atoms with Crippen LogP contribution in [0.3, 0.4) is 0 Å². The van der Waals surface area contributed by atoms with Gasteiger partial charge in [0.1, 0.15) is 0 Å². The van der Waals surface area contributed by atoms with Gasteiger partial charge in [-0.15, -0.1) is 0 Å². The smallest absolute Gasteiger partial charge is 0.312 e. The van der Waals surface area contributed by atoms with E-state index in [4.69, 9.17) is 4.11 Å². The summed E-state index contributed by atoms with van der Waals surface area (Å²) in [5.41, 5.74) is -0.307. The first-order valence-corrected chi connectivity index (χ1v) is 4.72. The minimum Gasteiger partial charge on any atom is -0.312 e. The molecule has 5 nitrogen and oxygen atoms in total. The lowest BCUT2D eigenvalue weighted by molar-refractivity contribution is -0.226. The van der Waals surface area contributed by atoms with Crippen molar-refractivity contribution in [3.63, 3.8) is 0 Å². The van der Waals surface area contributed by atoms with E-state index in [1.54, 1.807) is 4.90 Å². The number of carbonyl (C=O) groups is 1. The van der Waals surface area contributed by atoms with E-state index < -0.39 is 13.1 Å². The van der Waals surface area contributed by atoms with E-state index in [0.717, 1.165) is 12.8 Å². The minimum absolute atomic E-state index is 0.0569. The molecule has 0 aliphatic carbocycles. The Bertz CT molecular complexity index is 319. The first-order valence-electron chi connectivity index (χ1n) is 6.22. The van der Waals surface area contributed by atoms with E-state index in [9.17, 15) is 4.79 Å². The highest BCUT2D eigenvalue weighted by atomic mass is 17.2. The summed E-state index contributed by atoms with van der Waals surface area (Å²) >= 11 is 0. The molecule has 2 aliphatic heterocycles. The number of fused-ring (bicyclic) bond motifs is 2. The number of carbonyl (C=O) groups excluding carboxylic acids is 1. The Morgan fingerprint density at radius 2 is 2.64 bits per heavy atom. The monoisotopic (exact) mass is 203 g/mol. The van der Waals surface area contributed by atoms with Crippen LogP contribution in [0.5, 0.6) is 0 Å². The van der Waals surface area contributed by atoms with E-state index in [0.29, 0.717) is 13.1 Å². The standard InChI is InChI=1S/C9H16N2O3/c1-9-4-3-7(5-10-6-9)11(9)8(12)14-13-2/h7,10H,3-6H2,1-2H3/i2D3. The summed E-state index contributed by atoms with van der Waals surface area (Å²) in [6, 6.07) is 0.0569. The summed E-state index contributed by atoms with van der Waals surface area (Å²) in [6.45, 7) is 3.35. The molecule has 80 valence electrons. The fourth-order valence-corrected chi connectivity index (χ4v) is 2.49. The number of piperazine rings is 1. The topological polar surface area (TPSA) is 50.8 Å². The molecule has 2 aliphatic rings. The summed E-state index contributed by atoms with van der Waals surface area (Å²) in [5, 5.41) is 3.24. The van der Waals surface area contributed by atoms with Gasteiger partial charge in [0.15, 0.2) is 0 Å². The second-order valence-electron chi connectivity index (χ2n) is 4.12. The zero-order chi connectivity index (χ0) is 12.7. The van der Waals surface area contributed by atoms with Crippen molar-refractivity contribution in [3.05, 3.63) is 0 Å². The number of nitrogens with zero attached hydrogens (tertiary/aromatic N) is 1. The lowest BCUT2D eigenvalue weighted by Gasteiger charge is -2.41. The third-order valence-electron chi connectivity index (χ3n) is 3.16. The fraction of sp³-hybridized carbons (Fsp3) is 0.889. The highest BCUT2D eigenvalue weighted by Gasteiger charge is 2.49. The molecule has 5 heteroatoms. The molecule has 2 atom stereocenters. The molecule has 0 spiro atoms. The van der Waals surface area contributed by atoms with Gasteiger partial charge in [0.2, 0.25) is 0 Å². The zero-order valence-electron chi connectivity index (χ0n) is 11.1. The van der Waals surface area contributed by atoms with Crippen molar-refractivity contribution >= 4 is 6.09 Å². The van der Waals surface area contributed by atoms with Gasteiger partial charge in [0.25, 0.3) is 0 Å². The molecule has 2 rings (SSSR count). The Hall–Kier alpha value is -0.810. The van der Waals surface area contributed by atoms with Gasteiger partial charge < -0.3 is 5.32 Å². The van der Waals surface area contributed by atoms with Crippen molar-refractivity contribution in [3.8, 4) is 0 Å². The van der Waals surface area contributed by atoms with Crippen LogP contribution in [0.2, 0.25) is 0 Å². The molecule has 2 fully saturated rings. The quantitative estimate of drug-likeness (QED) is 0.498. The van der Waals surface area contributed by atoms with E-state index in [-0.39, 0.29) is 11.6 Å². The van der Waals surface area contributed by atoms with Gasteiger partial charge in [-0.25, -0.2) is 4.79 Å². The van der Waals surface area contributed by atoms with Crippen LogP contribution in [0.15, 0.2) is 0 Å². The second-order valence-corrected chi connectivity index (χ2v) is 4.12. The lowest BCUT2D eigenvalue weighted by Crippen LogP contribution is -2.60. The molecule has 0 radical (unpaired) electrons. The van der Waals surface area contributed by atoms with Gasteiger partial charge in [-0.3, -0.25) is 9.79 Å². The Morgan fingerprint density at radius 3 is 3.36 bits per heavy atom. The average Bonchev–Trinajstić information content (AvgIpc) is 2.40. The molecule has 0 aromatic rings. The molecule has 2 heterocycles. The van der Waals surface area contributed by atoms with Gasteiger partial charge in [0.05, 0.1) is 16.7 Å². The minimum atomic E-state index is -2.72. The zero-order valence-corrected chi connectivity index (χ0v) is 8.08. The Labute approximate surface area is 87.5 Å². The molecule has 14 heavy (non-hydrogen) atoms. The molecular formula is C9H16N2O3. The third kappa shape index (κ3) is 1.36. The molecule has 1 N–H and O–H groups in total. The largest absolute Gasteiger partial charge is 0.442 e. The van der Waals surface area contributed by atoms with E-state index in [1.807, 2.05) is 6.92 Å². The fourth-order valence-electron chi connectivity index (χ4n) is 2.49. The Balaban J connectivity index is 2.00. The van der Waals surface area contributed by atoms with Gasteiger partial charge in [-0.05, 0) is 19.8 Å². The molecule has 0 aromatic carbocycles. The van der Waals surface area contributed by atoms with Gasteiger partial charge in [-0.2, -0.15) is 4.89 Å². The van der Waals surface area contributed by atoms with Crippen LogP contribution in [-0.2, 0) is 9.78 Å². The maximum atomic E-state index is 11.8. The Morgan fingerprint density at radius 1 is 1.79 bits per heavy atom. The van der Waals surface area contributed by atoms with Crippen LogP contribution in [-0.4, -0.2) is 42.7 Å². The third-order valence-corrected chi connectivity index (χ3v) is 3.16. The number of rotatable bonds is 1. The van der Waals surface area contributed by atoms with Crippen LogP contribution in [0.25, 0.3) is 0 Å². The van der Waals surface area contributed by atoms with Gasteiger partial charge in [-0.1, -0.05) is 0 Å². The van der Waals surface area contributed by atoms with Crippen LogP contribution in [0.1, 0.15) is 23.9 Å². The molecule has 2 bridgehead atoms. The molecule has 0 saturated carbocycles. The summed E-state index contributed by atoms with van der Waals surface area (Å²) in [5.74, 6) is 0. The maximum Gasteiger partial charge on any atom is 0.442 e. The summed E-state index contributed by atoms with van der Waals surface area (Å²) in [4.78, 5) is 21.9. The highest BCUT2D eigenvalue weighted by molar-refractivity contribution is 5.69.